The number of carbonyl (C=O) groups excluding carboxylic acids is 1. The Hall–Kier alpha value is -0.610. The van der Waals surface area contributed by atoms with Gasteiger partial charge in [-0.2, -0.15) is 0 Å². The first-order valence-electron chi connectivity index (χ1n) is 4.09. The Labute approximate surface area is 71.2 Å². The third-order valence-corrected chi connectivity index (χ3v) is 2.32. The van der Waals surface area contributed by atoms with Crippen LogP contribution in [0.5, 0.6) is 0 Å². The Morgan fingerprint density at radius 1 is 1.33 bits per heavy atom. The predicted octanol–water partition coefficient (Wildman–Crippen LogP) is -0.319. The molecular formula is C8H14O4. The number of aliphatic hydroxyl groups is 2. The van der Waals surface area contributed by atoms with E-state index in [0.717, 1.165) is 0 Å². The van der Waals surface area contributed by atoms with Crippen molar-refractivity contribution in [2.45, 2.75) is 31.5 Å². The van der Waals surface area contributed by atoms with Crippen LogP contribution in [0.15, 0.2) is 0 Å². The van der Waals surface area contributed by atoms with Gasteiger partial charge in [-0.05, 0) is 19.3 Å². The molecule has 4 nitrogen and oxygen atoms in total. The molecule has 0 aromatic carbocycles. The van der Waals surface area contributed by atoms with Crippen molar-refractivity contribution in [3.63, 3.8) is 0 Å². The summed E-state index contributed by atoms with van der Waals surface area (Å²) in [5.74, 6) is -0.533. The number of methoxy groups -OCH3 is 1. The van der Waals surface area contributed by atoms with Crippen LogP contribution in [0.1, 0.15) is 19.3 Å². The van der Waals surface area contributed by atoms with Gasteiger partial charge < -0.3 is 14.9 Å². The van der Waals surface area contributed by atoms with Crippen molar-refractivity contribution in [1.82, 2.24) is 0 Å². The van der Waals surface area contributed by atoms with Gasteiger partial charge in [0.05, 0.1) is 25.2 Å². The van der Waals surface area contributed by atoms with Crippen LogP contribution < -0.4 is 0 Å². The van der Waals surface area contributed by atoms with Gasteiger partial charge in [0.2, 0.25) is 0 Å². The molecule has 4 heteroatoms. The summed E-state index contributed by atoms with van der Waals surface area (Å²) in [6.45, 7) is 0. The van der Waals surface area contributed by atoms with Gasteiger partial charge >= 0.3 is 5.97 Å². The third-order valence-electron chi connectivity index (χ3n) is 2.32. The number of hydrogen-bond acceptors (Lipinski definition) is 4. The van der Waals surface area contributed by atoms with E-state index in [9.17, 15) is 9.90 Å². The predicted molar refractivity (Wildman–Crippen MR) is 41.4 cm³/mol. The van der Waals surface area contributed by atoms with Crippen LogP contribution in [0.2, 0.25) is 0 Å². The van der Waals surface area contributed by atoms with Gasteiger partial charge in [-0.3, -0.25) is 4.79 Å². The molecule has 0 aromatic heterocycles. The first kappa shape index (κ1) is 9.48. The Kier molecular flexibility index (Phi) is 3.05. The van der Waals surface area contributed by atoms with E-state index in [0.29, 0.717) is 19.3 Å². The van der Waals surface area contributed by atoms with Gasteiger partial charge in [-0.1, -0.05) is 0 Å². The zero-order valence-electron chi connectivity index (χ0n) is 7.06. The summed E-state index contributed by atoms with van der Waals surface area (Å²) in [6, 6.07) is 0. The van der Waals surface area contributed by atoms with Crippen LogP contribution in [0.4, 0.5) is 0 Å². The zero-order valence-corrected chi connectivity index (χ0v) is 7.06. The van der Waals surface area contributed by atoms with Crippen molar-refractivity contribution >= 4 is 5.97 Å². The second-order valence-electron chi connectivity index (χ2n) is 3.17. The lowest BCUT2D eigenvalue weighted by Crippen LogP contribution is -2.36. The fourth-order valence-electron chi connectivity index (χ4n) is 1.51. The highest BCUT2D eigenvalue weighted by Crippen LogP contribution is 2.25. The number of rotatable bonds is 1. The van der Waals surface area contributed by atoms with Gasteiger partial charge in [0, 0.05) is 0 Å². The lowest BCUT2D eigenvalue weighted by atomic mass is 9.85. The number of carbonyl (C=O) groups is 1. The molecule has 1 aliphatic rings. The van der Waals surface area contributed by atoms with Crippen molar-refractivity contribution in [3.8, 4) is 0 Å². The second-order valence-corrected chi connectivity index (χ2v) is 3.17. The molecule has 0 saturated heterocycles. The van der Waals surface area contributed by atoms with Gasteiger partial charge in [0.25, 0.3) is 0 Å². The second kappa shape index (κ2) is 3.87. The average Bonchev–Trinajstić information content (AvgIpc) is 2.08. The smallest absolute Gasteiger partial charge is 0.308 e. The molecule has 0 aromatic rings. The van der Waals surface area contributed by atoms with Gasteiger partial charge in [0.15, 0.2) is 0 Å². The normalized spacial score (nSPS) is 36.1. The first-order chi connectivity index (χ1) is 5.65. The molecule has 0 spiro atoms. The van der Waals surface area contributed by atoms with Crippen LogP contribution in [0.3, 0.4) is 0 Å². The molecule has 12 heavy (non-hydrogen) atoms. The highest BCUT2D eigenvalue weighted by Gasteiger charge is 2.31. The van der Waals surface area contributed by atoms with E-state index in [1.807, 2.05) is 0 Å². The minimum absolute atomic E-state index is 0.242. The first-order valence-corrected chi connectivity index (χ1v) is 4.09. The van der Waals surface area contributed by atoms with Crippen LogP contribution in [-0.4, -0.2) is 35.5 Å². The largest absolute Gasteiger partial charge is 0.469 e. The summed E-state index contributed by atoms with van der Waals surface area (Å²) >= 11 is 0. The van der Waals surface area contributed by atoms with E-state index in [2.05, 4.69) is 4.74 Å². The Bertz CT molecular complexity index is 168. The fourth-order valence-corrected chi connectivity index (χ4v) is 1.51. The molecule has 0 radical (unpaired) electrons. The molecule has 1 rings (SSSR count). The van der Waals surface area contributed by atoms with E-state index in [4.69, 9.17) is 5.11 Å². The highest BCUT2D eigenvalue weighted by atomic mass is 16.5. The van der Waals surface area contributed by atoms with Crippen LogP contribution in [0, 0.1) is 5.92 Å². The fraction of sp³-hybridized carbons (Fsp3) is 0.875. The number of esters is 1. The summed E-state index contributed by atoms with van der Waals surface area (Å²) in [5.41, 5.74) is 0. The molecule has 0 heterocycles. The molecule has 2 N–H and O–H groups in total. The molecule has 0 bridgehead atoms. The van der Waals surface area contributed by atoms with E-state index in [-0.39, 0.29) is 11.9 Å². The lowest BCUT2D eigenvalue weighted by Gasteiger charge is -2.28. The van der Waals surface area contributed by atoms with Crippen molar-refractivity contribution in [2.24, 2.45) is 5.92 Å². The van der Waals surface area contributed by atoms with Crippen LogP contribution in [0.25, 0.3) is 0 Å². The van der Waals surface area contributed by atoms with Crippen molar-refractivity contribution < 1.29 is 19.7 Å². The zero-order chi connectivity index (χ0) is 9.14. The minimum Gasteiger partial charge on any atom is -0.469 e. The Morgan fingerprint density at radius 2 is 2.00 bits per heavy atom. The number of aliphatic hydroxyl groups excluding tert-OH is 2. The third kappa shape index (κ3) is 1.95. The highest BCUT2D eigenvalue weighted by molar-refractivity contribution is 5.72. The average molecular weight is 174 g/mol. The number of ether oxygens (including phenoxy) is 1. The summed E-state index contributed by atoms with van der Waals surface area (Å²) in [4.78, 5) is 11.0. The van der Waals surface area contributed by atoms with Crippen LogP contribution >= 0.6 is 0 Å². The van der Waals surface area contributed by atoms with Crippen molar-refractivity contribution in [1.29, 1.82) is 0 Å². The quantitative estimate of drug-likeness (QED) is 0.535. The van der Waals surface area contributed by atoms with E-state index in [1.165, 1.54) is 7.11 Å². The summed E-state index contributed by atoms with van der Waals surface area (Å²) in [6.07, 6.45) is -0.0617. The maximum Gasteiger partial charge on any atom is 0.308 e. The molecule has 3 atom stereocenters. The molecular weight excluding hydrogens is 160 g/mol. The van der Waals surface area contributed by atoms with Crippen molar-refractivity contribution in [2.75, 3.05) is 7.11 Å². The lowest BCUT2D eigenvalue weighted by molar-refractivity contribution is -0.149. The summed E-state index contributed by atoms with van der Waals surface area (Å²) in [5, 5.41) is 18.4. The topological polar surface area (TPSA) is 66.8 Å². The summed E-state index contributed by atoms with van der Waals surface area (Å²) in [7, 11) is 1.33. The molecule has 1 fully saturated rings. The molecule has 70 valence electrons. The van der Waals surface area contributed by atoms with E-state index in [1.54, 1.807) is 0 Å². The minimum atomic E-state index is -0.775. The molecule has 0 amide bonds. The van der Waals surface area contributed by atoms with Gasteiger partial charge in [-0.25, -0.2) is 0 Å². The van der Waals surface area contributed by atoms with Crippen molar-refractivity contribution in [3.05, 3.63) is 0 Å². The molecule has 1 aliphatic carbocycles. The Balaban J connectivity index is 2.45. The SMILES string of the molecule is COC(=O)[C@H]1CC[C@@H](O)[C@@H](O)C1. The van der Waals surface area contributed by atoms with Gasteiger partial charge in [-0.15, -0.1) is 0 Å². The Morgan fingerprint density at radius 3 is 2.50 bits per heavy atom. The van der Waals surface area contributed by atoms with E-state index < -0.39 is 12.2 Å². The monoisotopic (exact) mass is 174 g/mol. The van der Waals surface area contributed by atoms with E-state index >= 15 is 0 Å². The van der Waals surface area contributed by atoms with Crippen LogP contribution in [-0.2, 0) is 9.53 Å². The maximum atomic E-state index is 11.0. The summed E-state index contributed by atoms with van der Waals surface area (Å²) < 4.78 is 4.54. The standard InChI is InChI=1S/C8H14O4/c1-12-8(11)5-2-3-6(9)7(10)4-5/h5-7,9-10H,2-4H2,1H3/t5-,6+,7-/m0/s1. The maximum absolute atomic E-state index is 11.0. The molecule has 0 unspecified atom stereocenters. The molecule has 1 saturated carbocycles. The number of hydrogen-bond donors (Lipinski definition) is 2. The molecule has 0 aliphatic heterocycles. The van der Waals surface area contributed by atoms with Gasteiger partial charge in [0.1, 0.15) is 0 Å².